The molecule has 0 aliphatic carbocycles. The first kappa shape index (κ1) is 21.4. The maximum absolute atomic E-state index is 13.2. The fraction of sp³-hybridized carbons (Fsp3) is 0.435. The topological polar surface area (TPSA) is 63.7 Å². The molecule has 1 amide bonds. The van der Waals surface area contributed by atoms with E-state index in [1.807, 2.05) is 55.5 Å². The molecule has 2 aromatic rings. The van der Waals surface area contributed by atoms with Crippen LogP contribution in [-0.2, 0) is 27.6 Å². The van der Waals surface area contributed by atoms with Crippen molar-refractivity contribution >= 4 is 15.7 Å². The third kappa shape index (κ3) is 5.60. The van der Waals surface area contributed by atoms with Crippen LogP contribution >= 0.6 is 0 Å². The molecule has 2 unspecified atom stereocenters. The van der Waals surface area contributed by atoms with Crippen molar-refractivity contribution < 1.29 is 17.9 Å². The summed E-state index contributed by atoms with van der Waals surface area (Å²) in [5.41, 5.74) is 3.32. The number of benzene rings is 2. The molecule has 0 saturated carbocycles. The van der Waals surface area contributed by atoms with Gasteiger partial charge in [0.25, 0.3) is 5.91 Å². The van der Waals surface area contributed by atoms with E-state index in [-0.39, 0.29) is 23.5 Å². The fourth-order valence-corrected chi connectivity index (χ4v) is 5.32. The number of rotatable bonds is 7. The number of sulfone groups is 1. The number of carbonyl (C=O) groups excluding carboxylic acids is 1. The number of nitrogens with zero attached hydrogens (tertiary/aromatic N) is 1. The van der Waals surface area contributed by atoms with Crippen LogP contribution in [0.1, 0.15) is 37.0 Å². The lowest BCUT2D eigenvalue weighted by Gasteiger charge is -2.31. The zero-order valence-corrected chi connectivity index (χ0v) is 18.1. The Kier molecular flexibility index (Phi) is 6.63. The van der Waals surface area contributed by atoms with E-state index in [9.17, 15) is 13.2 Å². The van der Waals surface area contributed by atoms with Crippen LogP contribution in [0.5, 0.6) is 5.75 Å². The maximum atomic E-state index is 13.2. The van der Waals surface area contributed by atoms with E-state index in [0.29, 0.717) is 18.7 Å². The number of carbonyl (C=O) groups is 1. The van der Waals surface area contributed by atoms with Gasteiger partial charge in [-0.25, -0.2) is 8.42 Å². The van der Waals surface area contributed by atoms with Crippen LogP contribution in [-0.4, -0.2) is 42.9 Å². The van der Waals surface area contributed by atoms with E-state index in [1.54, 1.807) is 11.8 Å². The van der Waals surface area contributed by atoms with Crippen molar-refractivity contribution in [1.29, 1.82) is 0 Å². The fourth-order valence-electron chi connectivity index (χ4n) is 3.59. The van der Waals surface area contributed by atoms with Crippen molar-refractivity contribution in [3.05, 3.63) is 65.2 Å². The lowest BCUT2D eigenvalue weighted by atomic mass is 10.1. The molecule has 5 nitrogen and oxygen atoms in total. The summed E-state index contributed by atoms with van der Waals surface area (Å²) in [5.74, 6) is 0.593. The molecule has 1 saturated heterocycles. The van der Waals surface area contributed by atoms with Gasteiger partial charge in [-0.1, -0.05) is 48.9 Å². The Hall–Kier alpha value is -2.34. The summed E-state index contributed by atoms with van der Waals surface area (Å²) in [6.45, 7) is 6.19. The molecule has 29 heavy (non-hydrogen) atoms. The minimum atomic E-state index is -3.10. The minimum absolute atomic E-state index is 0.0164. The highest BCUT2D eigenvalue weighted by atomic mass is 32.2. The molecule has 0 spiro atoms. The standard InChI is InChI=1S/C23H29NO4S/c1-4-19-9-11-22(12-10-19)28-18(3)23(25)24(21-13-14-29(26,27)16-21)15-20-7-5-17(2)6-8-20/h5-12,18,21H,4,13-16H2,1-3H3. The monoisotopic (exact) mass is 415 g/mol. The van der Waals surface area contributed by atoms with Gasteiger partial charge in [-0.2, -0.15) is 0 Å². The van der Waals surface area contributed by atoms with Gasteiger partial charge in [0.2, 0.25) is 0 Å². The van der Waals surface area contributed by atoms with Gasteiger partial charge in [0.05, 0.1) is 11.5 Å². The summed E-state index contributed by atoms with van der Waals surface area (Å²) in [7, 11) is -3.10. The second-order valence-corrected chi connectivity index (χ2v) is 9.99. The van der Waals surface area contributed by atoms with Crippen LogP contribution in [0.4, 0.5) is 0 Å². The van der Waals surface area contributed by atoms with Gasteiger partial charge in [0, 0.05) is 12.6 Å². The van der Waals surface area contributed by atoms with E-state index in [4.69, 9.17) is 4.74 Å². The van der Waals surface area contributed by atoms with Gasteiger partial charge < -0.3 is 9.64 Å². The van der Waals surface area contributed by atoms with Gasteiger partial charge in [0.1, 0.15) is 5.75 Å². The van der Waals surface area contributed by atoms with Crippen molar-refractivity contribution in [3.8, 4) is 5.75 Å². The smallest absolute Gasteiger partial charge is 0.263 e. The molecular formula is C23H29NO4S. The van der Waals surface area contributed by atoms with Crippen LogP contribution in [0, 0.1) is 6.92 Å². The van der Waals surface area contributed by atoms with Gasteiger partial charge in [-0.15, -0.1) is 0 Å². The van der Waals surface area contributed by atoms with E-state index in [0.717, 1.165) is 17.5 Å². The Bertz CT molecular complexity index is 936. The van der Waals surface area contributed by atoms with Gasteiger partial charge >= 0.3 is 0 Å². The number of ether oxygens (including phenoxy) is 1. The second kappa shape index (κ2) is 8.99. The number of amides is 1. The maximum Gasteiger partial charge on any atom is 0.263 e. The molecule has 1 aliphatic heterocycles. The predicted molar refractivity (Wildman–Crippen MR) is 115 cm³/mol. The molecule has 2 atom stereocenters. The molecule has 1 fully saturated rings. The normalized spacial score (nSPS) is 18.9. The summed E-state index contributed by atoms with van der Waals surface area (Å²) in [6.07, 6.45) is 0.712. The SMILES string of the molecule is CCc1ccc(OC(C)C(=O)N(Cc2ccc(C)cc2)C2CCS(=O)(=O)C2)cc1. The quantitative estimate of drug-likeness (QED) is 0.694. The molecule has 0 radical (unpaired) electrons. The first-order valence-corrected chi connectivity index (χ1v) is 11.9. The summed E-state index contributed by atoms with van der Waals surface area (Å²) < 4.78 is 29.9. The first-order chi connectivity index (χ1) is 13.8. The van der Waals surface area contributed by atoms with E-state index in [2.05, 4.69) is 6.92 Å². The molecule has 0 aromatic heterocycles. The largest absolute Gasteiger partial charge is 0.481 e. The van der Waals surface area contributed by atoms with Crippen LogP contribution in [0.15, 0.2) is 48.5 Å². The van der Waals surface area contributed by atoms with Crippen LogP contribution < -0.4 is 4.74 Å². The highest BCUT2D eigenvalue weighted by molar-refractivity contribution is 7.91. The van der Waals surface area contributed by atoms with Crippen molar-refractivity contribution in [3.63, 3.8) is 0 Å². The molecule has 3 rings (SSSR count). The van der Waals surface area contributed by atoms with Gasteiger partial charge in [-0.3, -0.25) is 4.79 Å². The third-order valence-electron chi connectivity index (χ3n) is 5.40. The summed E-state index contributed by atoms with van der Waals surface area (Å²) in [4.78, 5) is 14.9. The van der Waals surface area contributed by atoms with Crippen LogP contribution in [0.3, 0.4) is 0 Å². The average molecular weight is 416 g/mol. The van der Waals surface area contributed by atoms with Crippen molar-refractivity contribution in [2.24, 2.45) is 0 Å². The molecule has 0 bridgehead atoms. The van der Waals surface area contributed by atoms with E-state index >= 15 is 0 Å². The third-order valence-corrected chi connectivity index (χ3v) is 7.15. The number of hydrogen-bond donors (Lipinski definition) is 0. The molecule has 2 aromatic carbocycles. The second-order valence-electron chi connectivity index (χ2n) is 7.77. The molecule has 156 valence electrons. The summed E-state index contributed by atoms with van der Waals surface area (Å²) in [6, 6.07) is 15.3. The minimum Gasteiger partial charge on any atom is -0.481 e. The molecule has 6 heteroatoms. The van der Waals surface area contributed by atoms with E-state index < -0.39 is 15.9 Å². The van der Waals surface area contributed by atoms with Crippen LogP contribution in [0.2, 0.25) is 0 Å². The molecule has 0 N–H and O–H groups in total. The molecular weight excluding hydrogens is 386 g/mol. The predicted octanol–water partition coefficient (Wildman–Crippen LogP) is 3.54. The Labute approximate surface area is 173 Å². The summed E-state index contributed by atoms with van der Waals surface area (Å²) >= 11 is 0. The Morgan fingerprint density at radius 1 is 1.10 bits per heavy atom. The lowest BCUT2D eigenvalue weighted by molar-refractivity contribution is -0.140. The molecule has 1 aliphatic rings. The Morgan fingerprint density at radius 2 is 1.72 bits per heavy atom. The number of hydrogen-bond acceptors (Lipinski definition) is 4. The van der Waals surface area contributed by atoms with Gasteiger partial charge in [0.15, 0.2) is 15.9 Å². The first-order valence-electron chi connectivity index (χ1n) is 10.1. The van der Waals surface area contributed by atoms with Crippen molar-refractivity contribution in [2.75, 3.05) is 11.5 Å². The Balaban J connectivity index is 1.77. The lowest BCUT2D eigenvalue weighted by Crippen LogP contribution is -2.46. The van der Waals surface area contributed by atoms with Crippen molar-refractivity contribution in [1.82, 2.24) is 4.90 Å². The summed E-state index contributed by atoms with van der Waals surface area (Å²) in [5, 5.41) is 0. The van der Waals surface area contributed by atoms with Gasteiger partial charge in [-0.05, 0) is 49.9 Å². The van der Waals surface area contributed by atoms with Crippen molar-refractivity contribution in [2.45, 2.75) is 52.3 Å². The van der Waals surface area contributed by atoms with E-state index in [1.165, 1.54) is 5.56 Å². The van der Waals surface area contributed by atoms with Crippen LogP contribution in [0.25, 0.3) is 0 Å². The number of aryl methyl sites for hydroxylation is 2. The zero-order valence-electron chi connectivity index (χ0n) is 17.3. The average Bonchev–Trinajstić information content (AvgIpc) is 3.07. The zero-order chi connectivity index (χ0) is 21.0. The molecule has 1 heterocycles. The Morgan fingerprint density at radius 3 is 2.28 bits per heavy atom. The highest BCUT2D eigenvalue weighted by Gasteiger charge is 2.36. The highest BCUT2D eigenvalue weighted by Crippen LogP contribution is 2.23.